The van der Waals surface area contributed by atoms with Crippen LogP contribution >= 0.6 is 0 Å². The smallest absolute Gasteiger partial charge is 0.319 e. The molecular formula is C22H27N3O3. The van der Waals surface area contributed by atoms with E-state index in [1.165, 1.54) is 0 Å². The van der Waals surface area contributed by atoms with E-state index < -0.39 is 0 Å². The van der Waals surface area contributed by atoms with Crippen LogP contribution in [0.2, 0.25) is 0 Å². The van der Waals surface area contributed by atoms with Gasteiger partial charge in [-0.3, -0.25) is 9.59 Å². The highest BCUT2D eigenvalue weighted by molar-refractivity contribution is 6.01. The summed E-state index contributed by atoms with van der Waals surface area (Å²) in [5.74, 6) is -0.260. The molecule has 148 valence electrons. The Hall–Kier alpha value is -3.15. The molecule has 0 bridgehead atoms. The average Bonchev–Trinajstić information content (AvgIpc) is 2.62. The Balaban J connectivity index is 1.85. The summed E-state index contributed by atoms with van der Waals surface area (Å²) in [6.07, 6.45) is 0.272. The summed E-state index contributed by atoms with van der Waals surface area (Å²) >= 11 is 0. The van der Waals surface area contributed by atoms with Gasteiger partial charge in [-0.05, 0) is 63.6 Å². The molecule has 3 N–H and O–H groups in total. The maximum Gasteiger partial charge on any atom is 0.319 e. The molecule has 2 aromatic rings. The lowest BCUT2D eigenvalue weighted by atomic mass is 9.99. The minimum atomic E-state index is -0.281. The molecule has 0 aliphatic rings. The van der Waals surface area contributed by atoms with Gasteiger partial charge >= 0.3 is 6.03 Å². The summed E-state index contributed by atoms with van der Waals surface area (Å²) in [5, 5.41) is 8.22. The van der Waals surface area contributed by atoms with Crippen molar-refractivity contribution >= 4 is 29.1 Å². The van der Waals surface area contributed by atoms with Gasteiger partial charge in [0, 0.05) is 35.8 Å². The van der Waals surface area contributed by atoms with Gasteiger partial charge in [0.1, 0.15) is 0 Å². The highest BCUT2D eigenvalue weighted by Crippen LogP contribution is 2.16. The van der Waals surface area contributed by atoms with Crippen LogP contribution in [0.3, 0.4) is 0 Å². The first-order chi connectivity index (χ1) is 13.2. The summed E-state index contributed by atoms with van der Waals surface area (Å²) in [6.45, 7) is 7.59. The number of Topliss-reactive ketones (excluding diaryl/α,β-unsaturated/α-hetero) is 1. The highest BCUT2D eigenvalue weighted by Gasteiger charge is 2.12. The molecule has 28 heavy (non-hydrogen) atoms. The first-order valence-electron chi connectivity index (χ1n) is 9.32. The van der Waals surface area contributed by atoms with E-state index in [4.69, 9.17) is 0 Å². The van der Waals surface area contributed by atoms with Crippen LogP contribution < -0.4 is 16.0 Å². The van der Waals surface area contributed by atoms with Gasteiger partial charge in [-0.25, -0.2) is 4.79 Å². The van der Waals surface area contributed by atoms with Gasteiger partial charge in [-0.2, -0.15) is 0 Å². The van der Waals surface area contributed by atoms with Gasteiger partial charge in [0.25, 0.3) is 0 Å². The monoisotopic (exact) mass is 381 g/mol. The summed E-state index contributed by atoms with van der Waals surface area (Å²) in [7, 11) is 0. The topological polar surface area (TPSA) is 87.3 Å². The Labute approximate surface area is 165 Å². The van der Waals surface area contributed by atoms with E-state index in [9.17, 15) is 14.4 Å². The fourth-order valence-corrected chi connectivity index (χ4v) is 2.69. The molecule has 3 amide bonds. The van der Waals surface area contributed by atoms with Crippen molar-refractivity contribution in [2.24, 2.45) is 0 Å². The van der Waals surface area contributed by atoms with E-state index in [0.29, 0.717) is 16.9 Å². The number of hydrogen-bond donors (Lipinski definition) is 3. The lowest BCUT2D eigenvalue weighted by Gasteiger charge is -2.11. The fraction of sp³-hybridized carbons (Fsp3) is 0.318. The third kappa shape index (κ3) is 6.54. The van der Waals surface area contributed by atoms with Crippen LogP contribution in [-0.4, -0.2) is 23.8 Å². The average molecular weight is 381 g/mol. The van der Waals surface area contributed by atoms with Gasteiger partial charge in [-0.1, -0.05) is 17.7 Å². The SMILES string of the molecule is Cc1ccc(C)c(C(=O)CCC(=O)Nc2ccc(NC(=O)NC(C)C)cc2)c1. The number of benzene rings is 2. The third-order valence-electron chi connectivity index (χ3n) is 4.12. The Bertz CT molecular complexity index is 858. The van der Waals surface area contributed by atoms with Crippen molar-refractivity contribution in [2.45, 2.75) is 46.6 Å². The molecule has 6 heteroatoms. The fourth-order valence-electron chi connectivity index (χ4n) is 2.69. The number of urea groups is 1. The number of carbonyl (C=O) groups excluding carboxylic acids is 3. The molecule has 0 unspecified atom stereocenters. The van der Waals surface area contributed by atoms with Gasteiger partial charge in [-0.15, -0.1) is 0 Å². The zero-order chi connectivity index (χ0) is 20.7. The summed E-state index contributed by atoms with van der Waals surface area (Å²) < 4.78 is 0. The van der Waals surface area contributed by atoms with Crippen LogP contribution in [0, 0.1) is 13.8 Å². The highest BCUT2D eigenvalue weighted by atomic mass is 16.2. The molecule has 0 spiro atoms. The Morgan fingerprint density at radius 2 is 1.46 bits per heavy atom. The number of ketones is 1. The standard InChI is InChI=1S/C22H27N3O3/c1-14(2)23-22(28)25-18-9-7-17(8-10-18)24-21(27)12-11-20(26)19-13-15(3)5-6-16(19)4/h5-10,13-14H,11-12H2,1-4H3,(H,24,27)(H2,23,25,28). The largest absolute Gasteiger partial charge is 0.336 e. The molecule has 0 fully saturated rings. The number of rotatable bonds is 7. The number of aryl methyl sites for hydroxylation is 2. The van der Waals surface area contributed by atoms with Crippen molar-refractivity contribution < 1.29 is 14.4 Å². The van der Waals surface area contributed by atoms with Crippen LogP contribution in [0.5, 0.6) is 0 Å². The van der Waals surface area contributed by atoms with Crippen LogP contribution in [0.4, 0.5) is 16.2 Å². The molecular weight excluding hydrogens is 354 g/mol. The van der Waals surface area contributed by atoms with Crippen molar-refractivity contribution in [3.05, 3.63) is 59.2 Å². The second kappa shape index (κ2) is 9.69. The molecule has 0 saturated heterocycles. The Morgan fingerprint density at radius 1 is 0.857 bits per heavy atom. The van der Waals surface area contributed by atoms with Crippen molar-refractivity contribution in [3.63, 3.8) is 0 Å². The normalized spacial score (nSPS) is 10.5. The predicted octanol–water partition coefficient (Wildman–Crippen LogP) is 4.43. The predicted molar refractivity (Wildman–Crippen MR) is 112 cm³/mol. The summed E-state index contributed by atoms with van der Waals surface area (Å²) in [6, 6.07) is 12.3. The van der Waals surface area contributed by atoms with Gasteiger partial charge in [0.2, 0.25) is 5.91 Å². The van der Waals surface area contributed by atoms with E-state index in [0.717, 1.165) is 11.1 Å². The number of carbonyl (C=O) groups is 3. The number of amides is 3. The van der Waals surface area contributed by atoms with E-state index in [-0.39, 0.29) is 36.6 Å². The molecule has 2 rings (SSSR count). The minimum Gasteiger partial charge on any atom is -0.336 e. The van der Waals surface area contributed by atoms with Crippen molar-refractivity contribution in [3.8, 4) is 0 Å². The minimum absolute atomic E-state index is 0.0351. The van der Waals surface area contributed by atoms with Crippen LogP contribution in [-0.2, 0) is 4.79 Å². The van der Waals surface area contributed by atoms with E-state index >= 15 is 0 Å². The molecule has 0 aliphatic carbocycles. The van der Waals surface area contributed by atoms with E-state index in [1.54, 1.807) is 24.3 Å². The second-order valence-electron chi connectivity index (χ2n) is 7.12. The summed E-state index contributed by atoms with van der Waals surface area (Å²) in [5.41, 5.74) is 3.85. The Kier molecular flexibility index (Phi) is 7.32. The van der Waals surface area contributed by atoms with Gasteiger partial charge in [0.15, 0.2) is 5.78 Å². The second-order valence-corrected chi connectivity index (χ2v) is 7.12. The van der Waals surface area contributed by atoms with Crippen LogP contribution in [0.1, 0.15) is 48.2 Å². The molecule has 6 nitrogen and oxygen atoms in total. The quantitative estimate of drug-likeness (QED) is 0.620. The first-order valence-corrected chi connectivity index (χ1v) is 9.32. The lowest BCUT2D eigenvalue weighted by Crippen LogP contribution is -2.34. The molecule has 0 radical (unpaired) electrons. The van der Waals surface area contributed by atoms with Crippen molar-refractivity contribution in [1.82, 2.24) is 5.32 Å². The van der Waals surface area contributed by atoms with Crippen LogP contribution in [0.15, 0.2) is 42.5 Å². The van der Waals surface area contributed by atoms with Gasteiger partial charge in [0.05, 0.1) is 0 Å². The maximum absolute atomic E-state index is 12.4. The zero-order valence-corrected chi connectivity index (χ0v) is 16.8. The number of nitrogens with one attached hydrogen (secondary N) is 3. The van der Waals surface area contributed by atoms with E-state index in [1.807, 2.05) is 45.9 Å². The maximum atomic E-state index is 12.4. The van der Waals surface area contributed by atoms with E-state index in [2.05, 4.69) is 16.0 Å². The van der Waals surface area contributed by atoms with Crippen LogP contribution in [0.25, 0.3) is 0 Å². The molecule has 0 heterocycles. The summed E-state index contributed by atoms with van der Waals surface area (Å²) in [4.78, 5) is 36.2. The van der Waals surface area contributed by atoms with Gasteiger partial charge < -0.3 is 16.0 Å². The third-order valence-corrected chi connectivity index (χ3v) is 4.12. The molecule has 0 aliphatic heterocycles. The molecule has 0 saturated carbocycles. The molecule has 2 aromatic carbocycles. The van der Waals surface area contributed by atoms with Crippen molar-refractivity contribution in [2.75, 3.05) is 10.6 Å². The number of hydrogen-bond acceptors (Lipinski definition) is 3. The zero-order valence-electron chi connectivity index (χ0n) is 16.8. The molecule has 0 aromatic heterocycles. The lowest BCUT2D eigenvalue weighted by molar-refractivity contribution is -0.116. The Morgan fingerprint density at radius 3 is 2.07 bits per heavy atom. The van der Waals surface area contributed by atoms with Crippen molar-refractivity contribution in [1.29, 1.82) is 0 Å². The molecule has 0 atom stereocenters. The number of anilines is 2. The first kappa shape index (κ1) is 21.2.